The second-order valence-electron chi connectivity index (χ2n) is 4.72. The number of nitrogens with two attached hydrogens (primary N) is 1. The van der Waals surface area contributed by atoms with E-state index in [1.54, 1.807) is 0 Å². The summed E-state index contributed by atoms with van der Waals surface area (Å²) in [5.74, 6) is -0.421. The van der Waals surface area contributed by atoms with E-state index in [-0.39, 0.29) is 17.9 Å². The Kier molecular flexibility index (Phi) is 4.20. The molecule has 1 fully saturated rings. The molecular weight excluding hydrogens is 228 g/mol. The fourth-order valence-corrected chi connectivity index (χ4v) is 2.53. The van der Waals surface area contributed by atoms with E-state index in [0.29, 0.717) is 5.69 Å². The second kappa shape index (κ2) is 5.87. The van der Waals surface area contributed by atoms with Gasteiger partial charge in [0.2, 0.25) is 0 Å². The smallest absolute Gasteiger partial charge is 0.314 e. The van der Waals surface area contributed by atoms with Crippen LogP contribution in [0.4, 0.5) is 5.69 Å². The standard InChI is InChI=1S/C14H20N2O2/c1-18-14(17)13(12-4-2-3-9-16-12)10-5-7-11(15)8-6-10/h5-8,12-13,16H,2-4,9,15H2,1H3. The minimum atomic E-state index is -0.240. The van der Waals surface area contributed by atoms with Crippen LogP contribution in [0.3, 0.4) is 0 Å². The minimum Gasteiger partial charge on any atom is -0.469 e. The van der Waals surface area contributed by atoms with Crippen molar-refractivity contribution in [2.75, 3.05) is 19.4 Å². The Bertz CT molecular complexity index is 397. The maximum absolute atomic E-state index is 12.0. The summed E-state index contributed by atoms with van der Waals surface area (Å²) in [6, 6.07) is 7.64. The van der Waals surface area contributed by atoms with Gasteiger partial charge in [0.25, 0.3) is 0 Å². The molecule has 1 aromatic carbocycles. The normalized spacial score (nSPS) is 21.3. The van der Waals surface area contributed by atoms with Crippen molar-refractivity contribution in [1.29, 1.82) is 0 Å². The van der Waals surface area contributed by atoms with Crippen LogP contribution in [-0.2, 0) is 9.53 Å². The van der Waals surface area contributed by atoms with Gasteiger partial charge in [-0.25, -0.2) is 0 Å². The highest BCUT2D eigenvalue weighted by Crippen LogP contribution is 2.27. The molecule has 98 valence electrons. The van der Waals surface area contributed by atoms with E-state index in [2.05, 4.69) is 5.32 Å². The summed E-state index contributed by atoms with van der Waals surface area (Å²) < 4.78 is 4.94. The van der Waals surface area contributed by atoms with Gasteiger partial charge in [-0.1, -0.05) is 18.6 Å². The topological polar surface area (TPSA) is 64.3 Å². The summed E-state index contributed by atoms with van der Waals surface area (Å²) >= 11 is 0. The van der Waals surface area contributed by atoms with Crippen LogP contribution in [-0.4, -0.2) is 25.7 Å². The summed E-state index contributed by atoms with van der Waals surface area (Å²) in [5.41, 5.74) is 7.36. The van der Waals surface area contributed by atoms with Gasteiger partial charge in [0.15, 0.2) is 0 Å². The number of nitrogens with one attached hydrogen (secondary N) is 1. The highest BCUT2D eigenvalue weighted by atomic mass is 16.5. The van der Waals surface area contributed by atoms with Crippen LogP contribution in [0.2, 0.25) is 0 Å². The van der Waals surface area contributed by atoms with Crippen LogP contribution in [0.25, 0.3) is 0 Å². The first-order chi connectivity index (χ1) is 8.72. The van der Waals surface area contributed by atoms with E-state index in [0.717, 1.165) is 24.9 Å². The van der Waals surface area contributed by atoms with Crippen molar-refractivity contribution < 1.29 is 9.53 Å². The zero-order valence-electron chi connectivity index (χ0n) is 10.7. The van der Waals surface area contributed by atoms with Crippen molar-refractivity contribution in [2.45, 2.75) is 31.2 Å². The van der Waals surface area contributed by atoms with Gasteiger partial charge in [-0.05, 0) is 37.1 Å². The quantitative estimate of drug-likeness (QED) is 0.631. The fraction of sp³-hybridized carbons (Fsp3) is 0.500. The highest BCUT2D eigenvalue weighted by molar-refractivity contribution is 5.79. The zero-order valence-corrected chi connectivity index (χ0v) is 10.7. The van der Waals surface area contributed by atoms with Gasteiger partial charge < -0.3 is 15.8 Å². The van der Waals surface area contributed by atoms with Gasteiger partial charge in [-0.2, -0.15) is 0 Å². The third kappa shape index (κ3) is 2.82. The minimum absolute atomic E-state index is 0.162. The first kappa shape index (κ1) is 12.9. The predicted molar refractivity (Wildman–Crippen MR) is 71.3 cm³/mol. The molecule has 2 rings (SSSR count). The van der Waals surface area contributed by atoms with E-state index in [1.807, 2.05) is 24.3 Å². The van der Waals surface area contributed by atoms with Crippen LogP contribution in [0.15, 0.2) is 24.3 Å². The SMILES string of the molecule is COC(=O)C(c1ccc(N)cc1)C1CCCCN1. The van der Waals surface area contributed by atoms with Crippen LogP contribution in [0.1, 0.15) is 30.7 Å². The first-order valence-electron chi connectivity index (χ1n) is 6.39. The summed E-state index contributed by atoms with van der Waals surface area (Å²) in [7, 11) is 1.44. The van der Waals surface area contributed by atoms with Crippen molar-refractivity contribution in [3.63, 3.8) is 0 Å². The average molecular weight is 248 g/mol. The maximum Gasteiger partial charge on any atom is 0.314 e. The van der Waals surface area contributed by atoms with Gasteiger partial charge in [-0.15, -0.1) is 0 Å². The Labute approximate surface area is 108 Å². The average Bonchev–Trinajstić information content (AvgIpc) is 2.42. The van der Waals surface area contributed by atoms with Gasteiger partial charge in [0, 0.05) is 11.7 Å². The maximum atomic E-state index is 12.0. The van der Waals surface area contributed by atoms with Crippen molar-refractivity contribution in [1.82, 2.24) is 5.32 Å². The van der Waals surface area contributed by atoms with Crippen LogP contribution in [0, 0.1) is 0 Å². The van der Waals surface area contributed by atoms with E-state index >= 15 is 0 Å². The molecule has 1 aliphatic rings. The number of rotatable bonds is 3. The monoisotopic (exact) mass is 248 g/mol. The highest BCUT2D eigenvalue weighted by Gasteiger charge is 2.31. The zero-order chi connectivity index (χ0) is 13.0. The van der Waals surface area contributed by atoms with Crippen LogP contribution >= 0.6 is 0 Å². The number of esters is 1. The van der Waals surface area contributed by atoms with Crippen LogP contribution < -0.4 is 11.1 Å². The van der Waals surface area contributed by atoms with E-state index < -0.39 is 0 Å². The Morgan fingerprint density at radius 1 is 1.39 bits per heavy atom. The molecule has 0 aliphatic carbocycles. The number of carbonyl (C=O) groups excluding carboxylic acids is 1. The molecule has 1 aliphatic heterocycles. The van der Waals surface area contributed by atoms with Crippen LogP contribution in [0.5, 0.6) is 0 Å². The van der Waals surface area contributed by atoms with Gasteiger partial charge in [-0.3, -0.25) is 4.79 Å². The van der Waals surface area contributed by atoms with Crippen molar-refractivity contribution in [3.05, 3.63) is 29.8 Å². The summed E-state index contributed by atoms with van der Waals surface area (Å²) in [6.45, 7) is 0.965. The Balaban J connectivity index is 2.23. The lowest BCUT2D eigenvalue weighted by molar-refractivity contribution is -0.143. The molecule has 3 N–H and O–H groups in total. The fourth-order valence-electron chi connectivity index (χ4n) is 2.53. The number of hydrogen-bond acceptors (Lipinski definition) is 4. The molecule has 4 heteroatoms. The molecule has 0 aromatic heterocycles. The Hall–Kier alpha value is -1.55. The Morgan fingerprint density at radius 3 is 2.67 bits per heavy atom. The molecule has 0 radical (unpaired) electrons. The largest absolute Gasteiger partial charge is 0.469 e. The molecule has 4 nitrogen and oxygen atoms in total. The third-order valence-corrected chi connectivity index (χ3v) is 3.50. The summed E-state index contributed by atoms with van der Waals surface area (Å²) in [5, 5.41) is 3.42. The summed E-state index contributed by atoms with van der Waals surface area (Å²) in [6.07, 6.45) is 3.33. The first-order valence-corrected chi connectivity index (χ1v) is 6.39. The van der Waals surface area contributed by atoms with Crippen molar-refractivity contribution in [3.8, 4) is 0 Å². The molecule has 1 saturated heterocycles. The molecular formula is C14H20N2O2. The van der Waals surface area contributed by atoms with Gasteiger partial charge in [0.1, 0.15) is 0 Å². The predicted octanol–water partition coefficient (Wildman–Crippen LogP) is 1.67. The molecule has 1 heterocycles. The third-order valence-electron chi connectivity index (χ3n) is 3.50. The van der Waals surface area contributed by atoms with Gasteiger partial charge in [0.05, 0.1) is 13.0 Å². The number of carbonyl (C=O) groups is 1. The Morgan fingerprint density at radius 2 is 2.11 bits per heavy atom. The second-order valence-corrected chi connectivity index (χ2v) is 4.72. The van der Waals surface area contributed by atoms with Gasteiger partial charge >= 0.3 is 5.97 Å². The molecule has 0 amide bonds. The van der Waals surface area contributed by atoms with E-state index in [9.17, 15) is 4.79 Å². The lowest BCUT2D eigenvalue weighted by Gasteiger charge is -2.30. The number of piperidine rings is 1. The molecule has 2 unspecified atom stereocenters. The molecule has 0 bridgehead atoms. The molecule has 1 aromatic rings. The molecule has 2 atom stereocenters. The van der Waals surface area contributed by atoms with E-state index in [4.69, 9.17) is 10.5 Å². The lowest BCUT2D eigenvalue weighted by atomic mass is 9.86. The van der Waals surface area contributed by atoms with E-state index in [1.165, 1.54) is 13.5 Å². The summed E-state index contributed by atoms with van der Waals surface area (Å²) in [4.78, 5) is 12.0. The number of anilines is 1. The lowest BCUT2D eigenvalue weighted by Crippen LogP contribution is -2.42. The number of nitrogen functional groups attached to an aromatic ring is 1. The molecule has 0 spiro atoms. The number of hydrogen-bond donors (Lipinski definition) is 2. The number of ether oxygens (including phenoxy) is 1. The van der Waals surface area contributed by atoms with Crippen molar-refractivity contribution >= 4 is 11.7 Å². The number of methoxy groups -OCH3 is 1. The van der Waals surface area contributed by atoms with Crippen molar-refractivity contribution in [2.24, 2.45) is 0 Å². The molecule has 0 saturated carbocycles. The number of benzene rings is 1. The molecule has 18 heavy (non-hydrogen) atoms.